The predicted octanol–water partition coefficient (Wildman–Crippen LogP) is 4.13. The van der Waals surface area contributed by atoms with E-state index in [-0.39, 0.29) is 10.7 Å². The summed E-state index contributed by atoms with van der Waals surface area (Å²) in [5.74, 6) is 1.41. The van der Waals surface area contributed by atoms with Crippen molar-refractivity contribution in [3.8, 4) is 11.5 Å². The van der Waals surface area contributed by atoms with E-state index in [1.807, 2.05) is 18.2 Å². The van der Waals surface area contributed by atoms with Gasteiger partial charge in [0.05, 0.1) is 4.83 Å². The standard InChI is InChI=1S/C16H22BrNO3/c1-2-3-4-5-6-13(17)16(19)18-12-7-8-14-15(11-12)21-10-9-20-14/h7-8,11,13H,2-6,9-10H2,1H3,(H,18,19)/t13-/m1/s1. The SMILES string of the molecule is CCCCCC[C@@H](Br)C(=O)Nc1ccc2c(c1)OCCO2. The molecule has 0 unspecified atom stereocenters. The quantitative estimate of drug-likeness (QED) is 0.590. The van der Waals surface area contributed by atoms with Crippen LogP contribution in [0.1, 0.15) is 39.0 Å². The molecule has 1 atom stereocenters. The van der Waals surface area contributed by atoms with Crippen molar-refractivity contribution in [3.05, 3.63) is 18.2 Å². The lowest BCUT2D eigenvalue weighted by Gasteiger charge is -2.19. The minimum Gasteiger partial charge on any atom is -0.486 e. The maximum atomic E-state index is 12.1. The van der Waals surface area contributed by atoms with E-state index < -0.39 is 0 Å². The molecule has 21 heavy (non-hydrogen) atoms. The molecule has 0 aliphatic carbocycles. The third kappa shape index (κ3) is 4.92. The molecule has 0 spiro atoms. The van der Waals surface area contributed by atoms with Crippen LogP contribution in [0, 0.1) is 0 Å². The summed E-state index contributed by atoms with van der Waals surface area (Å²) in [5, 5.41) is 2.91. The number of unbranched alkanes of at least 4 members (excludes halogenated alkanes) is 3. The largest absolute Gasteiger partial charge is 0.486 e. The number of rotatable bonds is 7. The molecule has 5 heteroatoms. The Kier molecular flexibility index (Phi) is 6.36. The maximum Gasteiger partial charge on any atom is 0.238 e. The zero-order chi connectivity index (χ0) is 15.1. The molecular formula is C16H22BrNO3. The highest BCUT2D eigenvalue weighted by molar-refractivity contribution is 9.10. The van der Waals surface area contributed by atoms with Gasteiger partial charge in [-0.3, -0.25) is 4.79 Å². The van der Waals surface area contributed by atoms with E-state index in [9.17, 15) is 4.79 Å². The monoisotopic (exact) mass is 355 g/mol. The average Bonchev–Trinajstić information content (AvgIpc) is 2.51. The summed E-state index contributed by atoms with van der Waals surface area (Å²) in [6, 6.07) is 5.47. The van der Waals surface area contributed by atoms with Crippen molar-refractivity contribution in [2.24, 2.45) is 0 Å². The van der Waals surface area contributed by atoms with Crippen LogP contribution in [0.2, 0.25) is 0 Å². The van der Waals surface area contributed by atoms with Gasteiger partial charge in [0.25, 0.3) is 0 Å². The Morgan fingerprint density at radius 3 is 2.76 bits per heavy atom. The Bertz CT molecular complexity index is 479. The molecule has 0 aromatic heterocycles. The second-order valence-electron chi connectivity index (χ2n) is 5.16. The van der Waals surface area contributed by atoms with Crippen molar-refractivity contribution in [3.63, 3.8) is 0 Å². The molecule has 0 fully saturated rings. The van der Waals surface area contributed by atoms with Gasteiger partial charge in [0, 0.05) is 11.8 Å². The molecule has 1 heterocycles. The third-order valence-electron chi connectivity index (χ3n) is 3.41. The van der Waals surface area contributed by atoms with Crippen molar-refractivity contribution in [2.45, 2.75) is 43.9 Å². The lowest BCUT2D eigenvalue weighted by molar-refractivity contribution is -0.115. The van der Waals surface area contributed by atoms with Crippen molar-refractivity contribution in [1.29, 1.82) is 0 Å². The number of hydrogen-bond donors (Lipinski definition) is 1. The zero-order valence-electron chi connectivity index (χ0n) is 12.4. The van der Waals surface area contributed by atoms with Gasteiger partial charge in [-0.15, -0.1) is 0 Å². The molecule has 0 bridgehead atoms. The minimum absolute atomic E-state index is 0.0109. The van der Waals surface area contributed by atoms with Gasteiger partial charge in [-0.1, -0.05) is 48.5 Å². The molecule has 4 nitrogen and oxygen atoms in total. The molecule has 0 saturated carbocycles. The van der Waals surface area contributed by atoms with Crippen LogP contribution in [0.4, 0.5) is 5.69 Å². The van der Waals surface area contributed by atoms with Gasteiger partial charge in [0.1, 0.15) is 13.2 Å². The third-order valence-corrected chi connectivity index (χ3v) is 4.28. The summed E-state index contributed by atoms with van der Waals surface area (Å²) >= 11 is 3.46. The number of amides is 1. The van der Waals surface area contributed by atoms with E-state index in [2.05, 4.69) is 28.2 Å². The van der Waals surface area contributed by atoms with Crippen LogP contribution < -0.4 is 14.8 Å². The summed E-state index contributed by atoms with van der Waals surface area (Å²) in [5.41, 5.74) is 0.738. The Morgan fingerprint density at radius 2 is 2.00 bits per heavy atom. The van der Waals surface area contributed by atoms with Crippen molar-refractivity contribution in [1.82, 2.24) is 0 Å². The molecule has 1 amide bonds. The Balaban J connectivity index is 1.84. The second kappa shape index (κ2) is 8.27. The number of benzene rings is 1. The lowest BCUT2D eigenvalue weighted by Crippen LogP contribution is -2.23. The van der Waals surface area contributed by atoms with Crippen molar-refractivity contribution < 1.29 is 14.3 Å². The molecule has 0 radical (unpaired) electrons. The van der Waals surface area contributed by atoms with Crippen LogP contribution in [0.15, 0.2) is 18.2 Å². The molecule has 2 rings (SSSR count). The van der Waals surface area contributed by atoms with Gasteiger partial charge in [-0.25, -0.2) is 0 Å². The number of alkyl halides is 1. The summed E-state index contributed by atoms with van der Waals surface area (Å²) in [6.45, 7) is 3.29. The normalized spacial score (nSPS) is 14.6. The lowest BCUT2D eigenvalue weighted by atomic mass is 10.1. The van der Waals surface area contributed by atoms with Crippen LogP contribution in [0.5, 0.6) is 11.5 Å². The molecule has 1 aliphatic rings. The molecule has 1 aromatic rings. The second-order valence-corrected chi connectivity index (χ2v) is 6.27. The average molecular weight is 356 g/mol. The van der Waals surface area contributed by atoms with E-state index in [4.69, 9.17) is 9.47 Å². The highest BCUT2D eigenvalue weighted by atomic mass is 79.9. The van der Waals surface area contributed by atoms with Crippen molar-refractivity contribution in [2.75, 3.05) is 18.5 Å². The van der Waals surface area contributed by atoms with E-state index in [0.29, 0.717) is 19.0 Å². The molecule has 116 valence electrons. The number of hydrogen-bond acceptors (Lipinski definition) is 3. The van der Waals surface area contributed by atoms with Crippen LogP contribution in [-0.4, -0.2) is 23.9 Å². The van der Waals surface area contributed by atoms with Gasteiger partial charge >= 0.3 is 0 Å². The Labute approximate surface area is 134 Å². The van der Waals surface area contributed by atoms with Gasteiger partial charge in [0.2, 0.25) is 5.91 Å². The summed E-state index contributed by atoms with van der Waals surface area (Å²) in [4.78, 5) is 12.0. The first-order valence-electron chi connectivity index (χ1n) is 7.55. The van der Waals surface area contributed by atoms with E-state index >= 15 is 0 Å². The molecule has 1 aromatic carbocycles. The van der Waals surface area contributed by atoms with Crippen LogP contribution >= 0.6 is 15.9 Å². The smallest absolute Gasteiger partial charge is 0.238 e. The van der Waals surface area contributed by atoms with Gasteiger partial charge < -0.3 is 14.8 Å². The Hall–Kier alpha value is -1.23. The van der Waals surface area contributed by atoms with Gasteiger partial charge in [-0.05, 0) is 18.6 Å². The first kappa shape index (κ1) is 16.1. The number of carbonyl (C=O) groups excluding carboxylic acids is 1. The Morgan fingerprint density at radius 1 is 1.24 bits per heavy atom. The van der Waals surface area contributed by atoms with Crippen LogP contribution in [0.3, 0.4) is 0 Å². The zero-order valence-corrected chi connectivity index (χ0v) is 13.9. The molecule has 0 saturated heterocycles. The minimum atomic E-state index is -0.150. The maximum absolute atomic E-state index is 12.1. The number of carbonyl (C=O) groups is 1. The van der Waals surface area contributed by atoms with Crippen LogP contribution in [-0.2, 0) is 4.79 Å². The highest BCUT2D eigenvalue weighted by Gasteiger charge is 2.16. The summed E-state index contributed by atoms with van der Waals surface area (Å²) < 4.78 is 11.0. The number of fused-ring (bicyclic) bond motifs is 1. The number of anilines is 1. The molecular weight excluding hydrogens is 334 g/mol. The highest BCUT2D eigenvalue weighted by Crippen LogP contribution is 2.32. The first-order chi connectivity index (χ1) is 10.2. The van der Waals surface area contributed by atoms with Crippen LogP contribution in [0.25, 0.3) is 0 Å². The number of halogens is 1. The number of nitrogens with one attached hydrogen (secondary N) is 1. The summed E-state index contributed by atoms with van der Waals surface area (Å²) in [7, 11) is 0. The fraction of sp³-hybridized carbons (Fsp3) is 0.562. The fourth-order valence-corrected chi connectivity index (χ4v) is 2.66. The van der Waals surface area contributed by atoms with Gasteiger partial charge in [0.15, 0.2) is 11.5 Å². The fourth-order valence-electron chi connectivity index (χ4n) is 2.22. The number of ether oxygens (including phenoxy) is 2. The van der Waals surface area contributed by atoms with E-state index in [1.165, 1.54) is 19.3 Å². The predicted molar refractivity (Wildman–Crippen MR) is 87.5 cm³/mol. The molecule has 1 N–H and O–H groups in total. The molecule has 1 aliphatic heterocycles. The topological polar surface area (TPSA) is 47.6 Å². The van der Waals surface area contributed by atoms with Crippen molar-refractivity contribution >= 4 is 27.5 Å². The first-order valence-corrected chi connectivity index (χ1v) is 8.47. The van der Waals surface area contributed by atoms with E-state index in [0.717, 1.165) is 24.3 Å². The summed E-state index contributed by atoms with van der Waals surface area (Å²) in [6.07, 6.45) is 5.53. The van der Waals surface area contributed by atoms with E-state index in [1.54, 1.807) is 0 Å². The van der Waals surface area contributed by atoms with Gasteiger partial charge in [-0.2, -0.15) is 0 Å².